The molecule has 0 radical (unpaired) electrons. The minimum absolute atomic E-state index is 0.113. The summed E-state index contributed by atoms with van der Waals surface area (Å²) >= 11 is 0. The molecule has 2 heterocycles. The first kappa shape index (κ1) is 24.8. The Hall–Kier alpha value is -1.50. The maximum Gasteiger partial charge on any atom is 0.246 e. The number of rotatable bonds is 8. The molecule has 1 N–H and O–H groups in total. The van der Waals surface area contributed by atoms with Crippen molar-refractivity contribution in [2.24, 2.45) is 0 Å². The molecule has 172 valence electrons. The van der Waals surface area contributed by atoms with E-state index in [1.807, 2.05) is 13.8 Å². The number of hydrogen-bond acceptors (Lipinski definition) is 8. The number of amides is 1. The molecule has 1 saturated heterocycles. The van der Waals surface area contributed by atoms with E-state index in [4.69, 9.17) is 9.26 Å². The molecule has 0 spiro atoms. The van der Waals surface area contributed by atoms with Crippen LogP contribution in [0.1, 0.15) is 46.3 Å². The van der Waals surface area contributed by atoms with Gasteiger partial charge in [-0.15, -0.1) is 0 Å². The van der Waals surface area contributed by atoms with Crippen LogP contribution in [0.4, 0.5) is 5.82 Å². The average Bonchev–Trinajstić information content (AvgIpc) is 3.10. The quantitative estimate of drug-likeness (QED) is 0.604. The highest BCUT2D eigenvalue weighted by Crippen LogP contribution is 2.31. The van der Waals surface area contributed by atoms with Crippen LogP contribution in [-0.4, -0.2) is 75.3 Å². The second-order valence-corrected chi connectivity index (χ2v) is 13.5. The van der Waals surface area contributed by atoms with Gasteiger partial charge in [-0.1, -0.05) is 19.0 Å². The highest BCUT2D eigenvalue weighted by atomic mass is 32.2. The number of methoxy groups -OCH3 is 1. The third-order valence-corrected chi connectivity index (χ3v) is 9.75. The smallest absolute Gasteiger partial charge is 0.246 e. The summed E-state index contributed by atoms with van der Waals surface area (Å²) in [6.07, 6.45) is 1.39. The van der Waals surface area contributed by atoms with E-state index in [2.05, 4.69) is 10.5 Å². The summed E-state index contributed by atoms with van der Waals surface area (Å²) in [5, 5.41) is 5.54. The molecule has 1 aromatic heterocycles. The number of sulfonamides is 1. The molecule has 0 aromatic carbocycles. The van der Waals surface area contributed by atoms with Crippen LogP contribution in [0.3, 0.4) is 0 Å². The van der Waals surface area contributed by atoms with E-state index in [1.165, 1.54) is 18.2 Å². The summed E-state index contributed by atoms with van der Waals surface area (Å²) in [4.78, 5) is 12.8. The number of carbonyl (C=O) groups is 1. The summed E-state index contributed by atoms with van der Waals surface area (Å²) in [6.45, 7) is 7.07. The fraction of sp³-hybridized carbons (Fsp3) is 0.778. The molecule has 1 aliphatic rings. The van der Waals surface area contributed by atoms with E-state index < -0.39 is 41.2 Å². The molecule has 10 nitrogen and oxygen atoms in total. The molecule has 2 rings (SSSR count). The Bertz CT molecular complexity index is 973. The van der Waals surface area contributed by atoms with E-state index in [9.17, 15) is 21.6 Å². The third-order valence-electron chi connectivity index (χ3n) is 5.49. The zero-order valence-corrected chi connectivity index (χ0v) is 19.9. The van der Waals surface area contributed by atoms with Crippen molar-refractivity contribution in [2.75, 3.05) is 38.4 Å². The number of hydrogen-bond donors (Lipinski definition) is 1. The normalized spacial score (nSPS) is 17.8. The van der Waals surface area contributed by atoms with Crippen LogP contribution >= 0.6 is 0 Å². The topological polar surface area (TPSA) is 136 Å². The van der Waals surface area contributed by atoms with Crippen LogP contribution in [0.5, 0.6) is 0 Å². The monoisotopic (exact) mass is 465 g/mol. The van der Waals surface area contributed by atoms with E-state index >= 15 is 0 Å². The number of nitrogens with zero attached hydrogens (tertiary/aromatic N) is 2. The van der Waals surface area contributed by atoms with Crippen molar-refractivity contribution in [3.63, 3.8) is 0 Å². The van der Waals surface area contributed by atoms with Gasteiger partial charge in [0.25, 0.3) is 0 Å². The van der Waals surface area contributed by atoms with E-state index in [1.54, 1.807) is 13.2 Å². The number of anilines is 1. The van der Waals surface area contributed by atoms with Gasteiger partial charge in [-0.2, -0.15) is 0 Å². The lowest BCUT2D eigenvalue weighted by atomic mass is 9.91. The number of carbonyl (C=O) groups excluding carboxylic acids is 1. The van der Waals surface area contributed by atoms with E-state index in [0.29, 0.717) is 12.4 Å². The lowest BCUT2D eigenvalue weighted by molar-refractivity contribution is -0.117. The number of sulfone groups is 1. The molecular weight excluding hydrogens is 434 g/mol. The molecule has 0 bridgehead atoms. The first-order valence-electron chi connectivity index (χ1n) is 9.59. The Morgan fingerprint density at radius 2 is 1.80 bits per heavy atom. The molecule has 0 aliphatic carbocycles. The second-order valence-electron chi connectivity index (χ2n) is 8.76. The van der Waals surface area contributed by atoms with Crippen LogP contribution < -0.4 is 5.32 Å². The molecule has 1 aromatic rings. The first-order valence-corrected chi connectivity index (χ1v) is 13.0. The van der Waals surface area contributed by atoms with Gasteiger partial charge in [0.15, 0.2) is 15.7 Å². The molecule has 1 aliphatic heterocycles. The van der Waals surface area contributed by atoms with Gasteiger partial charge in [0.05, 0.1) is 18.1 Å². The highest BCUT2D eigenvalue weighted by Gasteiger charge is 2.47. The Balaban J connectivity index is 2.12. The molecule has 12 heteroatoms. The van der Waals surface area contributed by atoms with Gasteiger partial charge >= 0.3 is 0 Å². The maximum atomic E-state index is 13.2. The minimum Gasteiger partial charge on any atom is -0.384 e. The fourth-order valence-corrected chi connectivity index (χ4v) is 6.22. The van der Waals surface area contributed by atoms with Crippen molar-refractivity contribution in [2.45, 2.75) is 55.9 Å². The predicted molar refractivity (Wildman–Crippen MR) is 112 cm³/mol. The lowest BCUT2D eigenvalue weighted by Gasteiger charge is -2.34. The van der Waals surface area contributed by atoms with Crippen molar-refractivity contribution in [3.05, 3.63) is 11.8 Å². The molecular formula is C18H31N3O7S2. The predicted octanol–water partition coefficient (Wildman–Crippen LogP) is 1.15. The third kappa shape index (κ3) is 5.04. The Morgan fingerprint density at radius 1 is 1.23 bits per heavy atom. The van der Waals surface area contributed by atoms with Gasteiger partial charge in [-0.25, -0.2) is 21.1 Å². The van der Waals surface area contributed by atoms with Crippen molar-refractivity contribution < 1.29 is 30.9 Å². The summed E-state index contributed by atoms with van der Waals surface area (Å²) < 4.78 is 59.6. The fourth-order valence-electron chi connectivity index (χ4n) is 3.37. The van der Waals surface area contributed by atoms with Crippen LogP contribution in [-0.2, 0) is 34.8 Å². The minimum atomic E-state index is -3.89. The highest BCUT2D eigenvalue weighted by molar-refractivity contribution is 7.94. The standard InChI is InChI=1S/C18H31N3O7S2/c1-17(2,12-27-5)14-11-15(20-28-14)19-16(22)18(3,4)30(25,26)13-7-9-21(10-8-13)29(6,23)24/h11,13H,7-10,12H2,1-6H3,(H,19,20,22). The molecule has 1 amide bonds. The van der Waals surface area contributed by atoms with Gasteiger partial charge in [-0.05, 0) is 26.7 Å². The lowest BCUT2D eigenvalue weighted by Crippen LogP contribution is -2.52. The Morgan fingerprint density at radius 3 is 2.30 bits per heavy atom. The van der Waals surface area contributed by atoms with Crippen molar-refractivity contribution >= 4 is 31.6 Å². The second kappa shape index (κ2) is 8.56. The summed E-state index contributed by atoms with van der Waals surface area (Å²) in [5.41, 5.74) is -0.472. The Kier molecular flexibility index (Phi) is 7.07. The number of aromatic nitrogens is 1. The molecule has 1 fully saturated rings. The molecule has 0 saturated carbocycles. The SMILES string of the molecule is COCC(C)(C)c1cc(NC(=O)C(C)(C)S(=O)(=O)C2CCN(S(C)(=O)=O)CC2)no1. The molecule has 30 heavy (non-hydrogen) atoms. The van der Waals surface area contributed by atoms with Crippen LogP contribution in [0.25, 0.3) is 0 Å². The number of nitrogens with one attached hydrogen (secondary N) is 1. The Labute approximate surface area is 178 Å². The maximum absolute atomic E-state index is 13.2. The largest absolute Gasteiger partial charge is 0.384 e. The van der Waals surface area contributed by atoms with Crippen LogP contribution in [0.2, 0.25) is 0 Å². The van der Waals surface area contributed by atoms with Gasteiger partial charge in [0, 0.05) is 31.7 Å². The van der Waals surface area contributed by atoms with Gasteiger partial charge in [0.2, 0.25) is 15.9 Å². The summed E-state index contributed by atoms with van der Waals surface area (Å²) in [6, 6.07) is 1.55. The number of ether oxygens (including phenoxy) is 1. The molecule has 0 atom stereocenters. The van der Waals surface area contributed by atoms with Crippen molar-refractivity contribution in [3.8, 4) is 0 Å². The molecule has 0 unspecified atom stereocenters. The number of piperidine rings is 1. The van der Waals surface area contributed by atoms with Gasteiger partial charge in [0.1, 0.15) is 10.5 Å². The zero-order valence-electron chi connectivity index (χ0n) is 18.3. The summed E-state index contributed by atoms with van der Waals surface area (Å²) in [7, 11) is -5.70. The van der Waals surface area contributed by atoms with Crippen molar-refractivity contribution in [1.29, 1.82) is 0 Å². The van der Waals surface area contributed by atoms with Crippen molar-refractivity contribution in [1.82, 2.24) is 9.46 Å². The zero-order chi connectivity index (χ0) is 23.0. The first-order chi connectivity index (χ1) is 13.6. The average molecular weight is 466 g/mol. The van der Waals surface area contributed by atoms with Crippen LogP contribution in [0, 0.1) is 0 Å². The van der Waals surface area contributed by atoms with E-state index in [-0.39, 0.29) is 31.7 Å². The summed E-state index contributed by atoms with van der Waals surface area (Å²) in [5.74, 6) is -0.111. The van der Waals surface area contributed by atoms with Gasteiger partial charge < -0.3 is 14.6 Å². The van der Waals surface area contributed by atoms with Crippen LogP contribution in [0.15, 0.2) is 10.6 Å². The van der Waals surface area contributed by atoms with E-state index in [0.717, 1.165) is 6.26 Å². The van der Waals surface area contributed by atoms with Gasteiger partial charge in [-0.3, -0.25) is 4.79 Å².